The van der Waals surface area contributed by atoms with Crippen LogP contribution in [0.5, 0.6) is 5.75 Å². The molecule has 1 saturated heterocycles. The van der Waals surface area contributed by atoms with E-state index in [0.29, 0.717) is 23.8 Å². The summed E-state index contributed by atoms with van der Waals surface area (Å²) in [5.41, 5.74) is 2.55. The molecule has 2 aromatic carbocycles. The fourth-order valence-electron chi connectivity index (χ4n) is 4.09. The van der Waals surface area contributed by atoms with Crippen molar-refractivity contribution in [1.82, 2.24) is 4.90 Å². The maximum atomic E-state index is 12.3. The van der Waals surface area contributed by atoms with Crippen molar-refractivity contribution in [1.29, 1.82) is 0 Å². The van der Waals surface area contributed by atoms with Crippen molar-refractivity contribution in [3.63, 3.8) is 0 Å². The number of hydrogen-bond acceptors (Lipinski definition) is 3. The molecule has 1 amide bonds. The van der Waals surface area contributed by atoms with Crippen LogP contribution in [0.25, 0.3) is 0 Å². The second kappa shape index (κ2) is 10.1. The van der Waals surface area contributed by atoms with Crippen LogP contribution in [-0.4, -0.2) is 39.6 Å². The Labute approximate surface area is 172 Å². The summed E-state index contributed by atoms with van der Waals surface area (Å²) < 4.78 is 0. The Morgan fingerprint density at radius 1 is 1.00 bits per heavy atom. The first kappa shape index (κ1) is 20.9. The summed E-state index contributed by atoms with van der Waals surface area (Å²) >= 11 is 0. The molecule has 1 atom stereocenters. The van der Waals surface area contributed by atoms with Crippen molar-refractivity contribution in [2.45, 2.75) is 57.4 Å². The lowest BCUT2D eigenvalue weighted by molar-refractivity contribution is -0.129. The number of phenolic OH excluding ortho intramolecular Hbond substituents is 1. The van der Waals surface area contributed by atoms with E-state index in [9.17, 15) is 14.7 Å². The highest BCUT2D eigenvalue weighted by Crippen LogP contribution is 2.24. The largest absolute Gasteiger partial charge is 0.508 e. The SMILES string of the molecule is O=C(O)c1ccc(CCCN2C(=O)CCC2CCCCc2cccc(O)c2)cc1. The average molecular weight is 395 g/mol. The Morgan fingerprint density at radius 2 is 1.76 bits per heavy atom. The number of aromatic hydroxyl groups is 1. The number of amides is 1. The lowest BCUT2D eigenvalue weighted by Gasteiger charge is -2.25. The molecule has 2 aromatic rings. The monoisotopic (exact) mass is 395 g/mol. The number of carboxylic acids is 1. The summed E-state index contributed by atoms with van der Waals surface area (Å²) in [6.45, 7) is 0.761. The van der Waals surface area contributed by atoms with E-state index >= 15 is 0 Å². The van der Waals surface area contributed by atoms with E-state index in [2.05, 4.69) is 0 Å². The molecule has 0 bridgehead atoms. The lowest BCUT2D eigenvalue weighted by atomic mass is 10.0. The second-order valence-corrected chi connectivity index (χ2v) is 7.80. The van der Waals surface area contributed by atoms with Crippen molar-refractivity contribution in [3.8, 4) is 5.75 Å². The second-order valence-electron chi connectivity index (χ2n) is 7.80. The number of aromatic carboxylic acids is 1. The molecule has 5 nitrogen and oxygen atoms in total. The molecule has 3 rings (SSSR count). The summed E-state index contributed by atoms with van der Waals surface area (Å²) in [4.78, 5) is 25.2. The molecule has 0 spiro atoms. The van der Waals surface area contributed by atoms with E-state index in [1.54, 1.807) is 18.2 Å². The number of nitrogens with zero attached hydrogens (tertiary/aromatic N) is 1. The van der Waals surface area contributed by atoms with Crippen molar-refractivity contribution >= 4 is 11.9 Å². The normalized spacial score (nSPS) is 16.3. The van der Waals surface area contributed by atoms with Gasteiger partial charge in [0.25, 0.3) is 0 Å². The molecule has 1 unspecified atom stereocenters. The third-order valence-electron chi connectivity index (χ3n) is 5.68. The van der Waals surface area contributed by atoms with Gasteiger partial charge in [0.15, 0.2) is 0 Å². The van der Waals surface area contributed by atoms with E-state index in [0.717, 1.165) is 62.6 Å². The van der Waals surface area contributed by atoms with Gasteiger partial charge in [-0.15, -0.1) is 0 Å². The summed E-state index contributed by atoms with van der Waals surface area (Å²) in [6, 6.07) is 14.7. The van der Waals surface area contributed by atoms with Crippen LogP contribution in [0.2, 0.25) is 0 Å². The Bertz CT molecular complexity index is 831. The Balaban J connectivity index is 1.40. The highest BCUT2D eigenvalue weighted by molar-refractivity contribution is 5.87. The molecule has 1 fully saturated rings. The zero-order chi connectivity index (χ0) is 20.6. The van der Waals surface area contributed by atoms with Gasteiger partial charge in [-0.3, -0.25) is 4.79 Å². The molecule has 0 aliphatic carbocycles. The highest BCUT2D eigenvalue weighted by atomic mass is 16.4. The number of hydrogen-bond donors (Lipinski definition) is 2. The van der Waals surface area contributed by atoms with Gasteiger partial charge in [-0.2, -0.15) is 0 Å². The Morgan fingerprint density at radius 3 is 2.48 bits per heavy atom. The standard InChI is InChI=1S/C24H29NO4/c26-22-9-3-6-19(17-22)5-1-2-8-21-14-15-23(27)25(21)16-4-7-18-10-12-20(13-11-18)24(28)29/h3,6,9-13,17,21,26H,1-2,4-5,7-8,14-16H2,(H,28,29). The van der Waals surface area contributed by atoms with Crippen LogP contribution < -0.4 is 0 Å². The number of carbonyl (C=O) groups excluding carboxylic acids is 1. The van der Waals surface area contributed by atoms with Crippen LogP contribution in [0, 0.1) is 0 Å². The molecule has 5 heteroatoms. The van der Waals surface area contributed by atoms with E-state index < -0.39 is 5.97 Å². The molecule has 1 aliphatic rings. The van der Waals surface area contributed by atoms with Crippen molar-refractivity contribution in [2.24, 2.45) is 0 Å². The van der Waals surface area contributed by atoms with Gasteiger partial charge >= 0.3 is 5.97 Å². The Kier molecular flexibility index (Phi) is 7.28. The number of likely N-dealkylation sites (tertiary alicyclic amines) is 1. The minimum Gasteiger partial charge on any atom is -0.508 e. The molecule has 0 radical (unpaired) electrons. The van der Waals surface area contributed by atoms with Gasteiger partial charge < -0.3 is 15.1 Å². The number of phenols is 1. The van der Waals surface area contributed by atoms with Crippen LogP contribution in [0.15, 0.2) is 48.5 Å². The first-order chi connectivity index (χ1) is 14.0. The molecular weight excluding hydrogens is 366 g/mol. The smallest absolute Gasteiger partial charge is 0.335 e. The maximum Gasteiger partial charge on any atom is 0.335 e. The molecule has 154 valence electrons. The summed E-state index contributed by atoms with van der Waals surface area (Å²) in [5.74, 6) is -0.344. The zero-order valence-corrected chi connectivity index (χ0v) is 16.7. The Hall–Kier alpha value is -2.82. The first-order valence-electron chi connectivity index (χ1n) is 10.4. The fraction of sp³-hybridized carbons (Fsp3) is 0.417. The highest BCUT2D eigenvalue weighted by Gasteiger charge is 2.29. The molecule has 2 N–H and O–H groups in total. The van der Waals surface area contributed by atoms with E-state index in [1.807, 2.05) is 35.2 Å². The third-order valence-corrected chi connectivity index (χ3v) is 5.68. The maximum absolute atomic E-state index is 12.3. The molecule has 1 heterocycles. The minimum atomic E-state index is -0.911. The topological polar surface area (TPSA) is 77.8 Å². The first-order valence-corrected chi connectivity index (χ1v) is 10.4. The van der Waals surface area contributed by atoms with Gasteiger partial charge in [0.1, 0.15) is 5.75 Å². The third kappa shape index (κ3) is 6.08. The van der Waals surface area contributed by atoms with Gasteiger partial charge in [0.05, 0.1) is 5.56 Å². The van der Waals surface area contributed by atoms with Gasteiger partial charge in [-0.25, -0.2) is 4.79 Å². The van der Waals surface area contributed by atoms with Crippen LogP contribution >= 0.6 is 0 Å². The predicted octanol–water partition coefficient (Wildman–Crippen LogP) is 4.43. The van der Waals surface area contributed by atoms with Crippen LogP contribution in [0.4, 0.5) is 0 Å². The molecular formula is C24H29NO4. The number of unbranched alkanes of at least 4 members (excludes halogenated alkanes) is 1. The van der Waals surface area contributed by atoms with Crippen LogP contribution in [0.1, 0.15) is 60.0 Å². The molecule has 0 aromatic heterocycles. The molecule has 1 aliphatic heterocycles. The van der Waals surface area contributed by atoms with Gasteiger partial charge in [-0.05, 0) is 73.9 Å². The molecule has 29 heavy (non-hydrogen) atoms. The minimum absolute atomic E-state index is 0.254. The van der Waals surface area contributed by atoms with Gasteiger partial charge in [0, 0.05) is 19.0 Å². The average Bonchev–Trinajstić information content (AvgIpc) is 3.05. The van der Waals surface area contributed by atoms with Crippen LogP contribution in [-0.2, 0) is 17.6 Å². The predicted molar refractivity (Wildman–Crippen MR) is 112 cm³/mol. The van der Waals surface area contributed by atoms with Crippen molar-refractivity contribution in [2.75, 3.05) is 6.54 Å². The van der Waals surface area contributed by atoms with E-state index in [1.165, 1.54) is 0 Å². The number of carboxylic acid groups (broad SMARTS) is 1. The number of rotatable bonds is 10. The van der Waals surface area contributed by atoms with Crippen LogP contribution in [0.3, 0.4) is 0 Å². The summed E-state index contributed by atoms with van der Waals surface area (Å²) in [6.07, 6.45) is 7.41. The number of aryl methyl sites for hydroxylation is 2. The van der Waals surface area contributed by atoms with Gasteiger partial charge in [0.2, 0.25) is 5.91 Å². The molecule has 0 saturated carbocycles. The van der Waals surface area contributed by atoms with Crippen molar-refractivity contribution < 1.29 is 19.8 Å². The zero-order valence-electron chi connectivity index (χ0n) is 16.7. The number of carbonyl (C=O) groups is 2. The fourth-order valence-corrected chi connectivity index (χ4v) is 4.09. The summed E-state index contributed by atoms with van der Waals surface area (Å²) in [5, 5.41) is 18.5. The van der Waals surface area contributed by atoms with Crippen molar-refractivity contribution in [3.05, 3.63) is 65.2 Å². The summed E-state index contributed by atoms with van der Waals surface area (Å²) in [7, 11) is 0. The quantitative estimate of drug-likeness (QED) is 0.584. The van der Waals surface area contributed by atoms with E-state index in [4.69, 9.17) is 5.11 Å². The lowest BCUT2D eigenvalue weighted by Crippen LogP contribution is -2.34. The van der Waals surface area contributed by atoms with E-state index in [-0.39, 0.29) is 5.91 Å². The van der Waals surface area contributed by atoms with Gasteiger partial charge in [-0.1, -0.05) is 30.7 Å². The number of benzene rings is 2.